The molecule has 3 N–H and O–H groups in total. The van der Waals surface area contributed by atoms with Crippen LogP contribution in [0.5, 0.6) is 0 Å². The van der Waals surface area contributed by atoms with Gasteiger partial charge in [0.1, 0.15) is 0 Å². The predicted octanol–water partition coefficient (Wildman–Crippen LogP) is 3.69. The van der Waals surface area contributed by atoms with E-state index in [0.717, 1.165) is 31.9 Å². The summed E-state index contributed by atoms with van der Waals surface area (Å²) in [6.45, 7) is 12.4. The Labute approximate surface area is 182 Å². The first-order valence-corrected chi connectivity index (χ1v) is 9.63. The molecule has 0 unspecified atom stereocenters. The van der Waals surface area contributed by atoms with Crippen molar-refractivity contribution in [1.82, 2.24) is 16.0 Å². The fourth-order valence-electron chi connectivity index (χ4n) is 2.60. The monoisotopic (exact) mass is 488 g/mol. The highest BCUT2D eigenvalue weighted by Gasteiger charge is 2.26. The van der Waals surface area contributed by atoms with E-state index in [1.807, 2.05) is 20.8 Å². The number of guanidine groups is 1. The number of halogens is 1. The molecule has 0 aromatic heterocycles. The second-order valence-corrected chi connectivity index (χ2v) is 7.58. The lowest BCUT2D eigenvalue weighted by Gasteiger charge is -2.21. The average Bonchev–Trinajstić information content (AvgIpc) is 2.62. The van der Waals surface area contributed by atoms with Gasteiger partial charge >= 0.3 is 0 Å². The topological polar surface area (TPSA) is 65.5 Å². The van der Waals surface area contributed by atoms with Crippen LogP contribution in [0.3, 0.4) is 0 Å². The number of benzene rings is 1. The number of hydrogen-bond acceptors (Lipinski definition) is 2. The number of amides is 1. The summed E-state index contributed by atoms with van der Waals surface area (Å²) in [5, 5.41) is 9.29. The number of carbonyl (C=O) groups excluding carboxylic acids is 1. The van der Waals surface area contributed by atoms with Gasteiger partial charge in [0.05, 0.1) is 12.0 Å². The van der Waals surface area contributed by atoms with Crippen LogP contribution in [0.25, 0.3) is 0 Å². The van der Waals surface area contributed by atoms with E-state index in [2.05, 4.69) is 59.1 Å². The SMILES string of the molecule is CCNC(=NCC(C)(C)C(=O)NC)NCCCc1ccc(C(C)C)cc1.I. The van der Waals surface area contributed by atoms with Crippen LogP contribution < -0.4 is 16.0 Å². The van der Waals surface area contributed by atoms with Crippen LogP contribution in [0, 0.1) is 5.41 Å². The molecule has 1 rings (SSSR count). The van der Waals surface area contributed by atoms with E-state index in [9.17, 15) is 4.79 Å². The van der Waals surface area contributed by atoms with Crippen LogP contribution >= 0.6 is 24.0 Å². The van der Waals surface area contributed by atoms with Crippen LogP contribution in [-0.2, 0) is 11.2 Å². The van der Waals surface area contributed by atoms with Gasteiger partial charge in [-0.05, 0) is 50.7 Å². The molecule has 0 fully saturated rings. The van der Waals surface area contributed by atoms with E-state index in [-0.39, 0.29) is 29.9 Å². The molecule has 1 aromatic rings. The van der Waals surface area contributed by atoms with Gasteiger partial charge in [-0.25, -0.2) is 0 Å². The summed E-state index contributed by atoms with van der Waals surface area (Å²) < 4.78 is 0. The van der Waals surface area contributed by atoms with Crippen molar-refractivity contribution in [3.8, 4) is 0 Å². The van der Waals surface area contributed by atoms with Crippen LogP contribution in [0.2, 0.25) is 0 Å². The molecule has 0 atom stereocenters. The number of carbonyl (C=O) groups is 1. The highest BCUT2D eigenvalue weighted by molar-refractivity contribution is 14.0. The summed E-state index contributed by atoms with van der Waals surface area (Å²) in [6.07, 6.45) is 2.07. The molecule has 0 heterocycles. The summed E-state index contributed by atoms with van der Waals surface area (Å²) in [5.74, 6) is 1.34. The first kappa shape index (κ1) is 25.7. The summed E-state index contributed by atoms with van der Waals surface area (Å²) in [4.78, 5) is 16.4. The molecule has 5 nitrogen and oxygen atoms in total. The highest BCUT2D eigenvalue weighted by Crippen LogP contribution is 2.16. The predicted molar refractivity (Wildman–Crippen MR) is 126 cm³/mol. The Hall–Kier alpha value is -1.31. The van der Waals surface area contributed by atoms with Gasteiger partial charge < -0.3 is 16.0 Å². The first-order valence-electron chi connectivity index (χ1n) is 9.63. The maximum absolute atomic E-state index is 11.9. The van der Waals surface area contributed by atoms with Crippen LogP contribution in [0.15, 0.2) is 29.3 Å². The van der Waals surface area contributed by atoms with E-state index >= 15 is 0 Å². The molecule has 0 saturated carbocycles. The van der Waals surface area contributed by atoms with E-state index < -0.39 is 5.41 Å². The standard InChI is InChI=1S/C21H36N4O.HI/c1-7-23-20(25-15-21(4,5)19(26)22-6)24-14-8-9-17-10-12-18(13-11-17)16(2)3;/h10-13,16H,7-9,14-15H2,1-6H3,(H,22,26)(H2,23,24,25);1H. The molecule has 1 amide bonds. The first-order chi connectivity index (χ1) is 12.3. The summed E-state index contributed by atoms with van der Waals surface area (Å²) in [6, 6.07) is 8.89. The summed E-state index contributed by atoms with van der Waals surface area (Å²) in [7, 11) is 1.66. The third-order valence-electron chi connectivity index (χ3n) is 4.40. The van der Waals surface area contributed by atoms with Crippen molar-refractivity contribution in [3.05, 3.63) is 35.4 Å². The van der Waals surface area contributed by atoms with Gasteiger partial charge in [-0.1, -0.05) is 38.1 Å². The molecule has 0 spiro atoms. The molecule has 0 aliphatic rings. The average molecular weight is 488 g/mol. The lowest BCUT2D eigenvalue weighted by molar-refractivity contribution is -0.128. The van der Waals surface area contributed by atoms with Gasteiger partial charge in [-0.3, -0.25) is 9.79 Å². The molecule has 0 aliphatic carbocycles. The van der Waals surface area contributed by atoms with E-state index in [1.165, 1.54) is 11.1 Å². The van der Waals surface area contributed by atoms with Crippen LogP contribution in [-0.4, -0.2) is 38.5 Å². The zero-order valence-corrected chi connectivity index (χ0v) is 20.0. The number of nitrogens with zero attached hydrogens (tertiary/aromatic N) is 1. The zero-order valence-electron chi connectivity index (χ0n) is 17.7. The summed E-state index contributed by atoms with van der Waals surface area (Å²) in [5.41, 5.74) is 2.22. The Kier molecular flexibility index (Phi) is 12.3. The van der Waals surface area contributed by atoms with Gasteiger partial charge in [0.15, 0.2) is 5.96 Å². The van der Waals surface area contributed by atoms with E-state index in [0.29, 0.717) is 12.5 Å². The largest absolute Gasteiger partial charge is 0.359 e. The van der Waals surface area contributed by atoms with Crippen molar-refractivity contribution in [3.63, 3.8) is 0 Å². The highest BCUT2D eigenvalue weighted by atomic mass is 127. The minimum absolute atomic E-state index is 0. The van der Waals surface area contributed by atoms with E-state index in [4.69, 9.17) is 0 Å². The maximum Gasteiger partial charge on any atom is 0.227 e. The number of aliphatic imine (C=N–C) groups is 1. The smallest absolute Gasteiger partial charge is 0.227 e. The van der Waals surface area contributed by atoms with Gasteiger partial charge in [-0.2, -0.15) is 0 Å². The molecule has 0 bridgehead atoms. The Morgan fingerprint density at radius 2 is 1.78 bits per heavy atom. The number of nitrogens with one attached hydrogen (secondary N) is 3. The molecular weight excluding hydrogens is 451 g/mol. The molecule has 154 valence electrons. The molecule has 1 aromatic carbocycles. The quantitative estimate of drug-likeness (QED) is 0.215. The molecule has 0 radical (unpaired) electrons. The number of rotatable bonds is 9. The fraction of sp³-hybridized carbons (Fsp3) is 0.619. The Bertz CT molecular complexity index is 582. The van der Waals surface area contributed by atoms with Gasteiger partial charge in [-0.15, -0.1) is 24.0 Å². The minimum atomic E-state index is -0.519. The van der Waals surface area contributed by atoms with Crippen molar-refractivity contribution in [2.75, 3.05) is 26.7 Å². The number of aryl methyl sites for hydroxylation is 1. The van der Waals surface area contributed by atoms with Gasteiger partial charge in [0, 0.05) is 20.1 Å². The van der Waals surface area contributed by atoms with Gasteiger partial charge in [0.25, 0.3) is 0 Å². The van der Waals surface area contributed by atoms with Crippen molar-refractivity contribution in [1.29, 1.82) is 0 Å². The second-order valence-electron chi connectivity index (χ2n) is 7.58. The van der Waals surface area contributed by atoms with Crippen LogP contribution in [0.1, 0.15) is 58.1 Å². The molecular formula is C21H37IN4O. The van der Waals surface area contributed by atoms with Crippen molar-refractivity contribution in [2.45, 2.75) is 53.4 Å². The molecule has 6 heteroatoms. The Balaban J connectivity index is 0.00000676. The molecule has 0 saturated heterocycles. The Morgan fingerprint density at radius 3 is 2.30 bits per heavy atom. The van der Waals surface area contributed by atoms with Gasteiger partial charge in [0.2, 0.25) is 5.91 Å². The Morgan fingerprint density at radius 1 is 1.15 bits per heavy atom. The lowest BCUT2D eigenvalue weighted by Crippen LogP contribution is -2.41. The van der Waals surface area contributed by atoms with Crippen molar-refractivity contribution < 1.29 is 4.79 Å². The van der Waals surface area contributed by atoms with E-state index in [1.54, 1.807) is 7.05 Å². The lowest BCUT2D eigenvalue weighted by atomic mass is 9.93. The normalized spacial score (nSPS) is 11.7. The van der Waals surface area contributed by atoms with Crippen LogP contribution in [0.4, 0.5) is 0 Å². The molecule has 27 heavy (non-hydrogen) atoms. The minimum Gasteiger partial charge on any atom is -0.359 e. The third-order valence-corrected chi connectivity index (χ3v) is 4.40. The van der Waals surface area contributed by atoms with Crippen molar-refractivity contribution in [2.24, 2.45) is 10.4 Å². The maximum atomic E-state index is 11.9. The summed E-state index contributed by atoms with van der Waals surface area (Å²) >= 11 is 0. The van der Waals surface area contributed by atoms with Crippen molar-refractivity contribution >= 4 is 35.8 Å². The zero-order chi connectivity index (χ0) is 19.6. The third kappa shape index (κ3) is 9.44. The fourth-order valence-corrected chi connectivity index (χ4v) is 2.60. The number of hydrogen-bond donors (Lipinski definition) is 3. The molecule has 0 aliphatic heterocycles. The second kappa shape index (κ2) is 13.0.